The van der Waals surface area contributed by atoms with E-state index in [1.54, 1.807) is 18.0 Å². The molecule has 0 spiro atoms. The standard InChI is InChI=1S/C19H21F3N4O3/c1-24(2)11-12-25(3)16-6-4-5-15(17(16)26(28)29)18(27)23-14-9-7-13(8-10-14)19(20,21)22/h4-10H,11-12H2,1-3H3,(H,23,27). The van der Waals surface area contributed by atoms with Gasteiger partial charge in [-0.15, -0.1) is 0 Å². The molecule has 0 heterocycles. The van der Waals surface area contributed by atoms with Crippen molar-refractivity contribution in [1.29, 1.82) is 0 Å². The number of carbonyl (C=O) groups excluding carboxylic acids is 1. The van der Waals surface area contributed by atoms with Gasteiger partial charge in [0.05, 0.1) is 10.5 Å². The van der Waals surface area contributed by atoms with Gasteiger partial charge in [-0.2, -0.15) is 13.2 Å². The fourth-order valence-electron chi connectivity index (χ4n) is 2.63. The average molecular weight is 410 g/mol. The lowest BCUT2D eigenvalue weighted by atomic mass is 10.1. The van der Waals surface area contributed by atoms with E-state index in [-0.39, 0.29) is 22.6 Å². The van der Waals surface area contributed by atoms with Crippen molar-refractivity contribution in [3.8, 4) is 0 Å². The topological polar surface area (TPSA) is 78.7 Å². The molecule has 1 N–H and O–H groups in total. The molecule has 0 saturated carbocycles. The Morgan fingerprint density at radius 3 is 2.21 bits per heavy atom. The molecule has 0 aliphatic rings. The monoisotopic (exact) mass is 410 g/mol. The fraction of sp³-hybridized carbons (Fsp3) is 0.316. The summed E-state index contributed by atoms with van der Waals surface area (Å²) in [6, 6.07) is 8.23. The molecular formula is C19H21F3N4O3. The second kappa shape index (κ2) is 8.91. The van der Waals surface area contributed by atoms with Gasteiger partial charge in [0.2, 0.25) is 0 Å². The number of benzene rings is 2. The summed E-state index contributed by atoms with van der Waals surface area (Å²) in [5, 5.41) is 14.1. The van der Waals surface area contributed by atoms with Gasteiger partial charge in [0.1, 0.15) is 11.3 Å². The van der Waals surface area contributed by atoms with Crippen LogP contribution in [0.3, 0.4) is 0 Å². The summed E-state index contributed by atoms with van der Waals surface area (Å²) in [5.74, 6) is -0.778. The van der Waals surface area contributed by atoms with Crippen LogP contribution >= 0.6 is 0 Å². The van der Waals surface area contributed by atoms with Crippen LogP contribution in [0.15, 0.2) is 42.5 Å². The normalized spacial score (nSPS) is 11.4. The van der Waals surface area contributed by atoms with Crippen LogP contribution in [0.2, 0.25) is 0 Å². The van der Waals surface area contributed by atoms with Crippen LogP contribution in [-0.4, -0.2) is 50.0 Å². The zero-order valence-electron chi connectivity index (χ0n) is 16.2. The lowest BCUT2D eigenvalue weighted by Crippen LogP contribution is -2.29. The van der Waals surface area contributed by atoms with E-state index < -0.39 is 22.6 Å². The minimum absolute atomic E-state index is 0.101. The largest absolute Gasteiger partial charge is 0.416 e. The zero-order chi connectivity index (χ0) is 21.8. The Balaban J connectivity index is 2.30. The highest BCUT2D eigenvalue weighted by atomic mass is 19.4. The van der Waals surface area contributed by atoms with Gasteiger partial charge in [-0.25, -0.2) is 0 Å². The van der Waals surface area contributed by atoms with Gasteiger partial charge in [-0.05, 0) is 50.5 Å². The summed E-state index contributed by atoms with van der Waals surface area (Å²) < 4.78 is 38.0. The van der Waals surface area contributed by atoms with E-state index in [1.165, 1.54) is 12.1 Å². The van der Waals surface area contributed by atoms with Gasteiger partial charge >= 0.3 is 11.9 Å². The van der Waals surface area contributed by atoms with Crippen LogP contribution in [0.4, 0.5) is 30.2 Å². The van der Waals surface area contributed by atoms with Crippen LogP contribution < -0.4 is 10.2 Å². The Kier molecular flexibility index (Phi) is 6.80. The van der Waals surface area contributed by atoms with Gasteiger partial charge in [0.25, 0.3) is 5.91 Å². The predicted octanol–water partition coefficient (Wildman–Crippen LogP) is 3.86. The Morgan fingerprint density at radius 2 is 1.69 bits per heavy atom. The quantitative estimate of drug-likeness (QED) is 0.554. The number of halogens is 3. The molecule has 1 amide bonds. The highest BCUT2D eigenvalue weighted by Gasteiger charge is 2.30. The van der Waals surface area contributed by atoms with Crippen molar-refractivity contribution in [1.82, 2.24) is 4.90 Å². The minimum Gasteiger partial charge on any atom is -0.368 e. The summed E-state index contributed by atoms with van der Waals surface area (Å²) in [5.41, 5.74) is -1.02. The van der Waals surface area contributed by atoms with Crippen molar-refractivity contribution in [2.45, 2.75) is 6.18 Å². The maximum atomic E-state index is 12.7. The van der Waals surface area contributed by atoms with Crippen molar-refractivity contribution in [2.24, 2.45) is 0 Å². The average Bonchev–Trinajstić information content (AvgIpc) is 2.65. The first-order valence-electron chi connectivity index (χ1n) is 8.62. The Labute approximate surface area is 165 Å². The maximum absolute atomic E-state index is 12.7. The smallest absolute Gasteiger partial charge is 0.368 e. The van der Waals surface area contributed by atoms with E-state index in [9.17, 15) is 28.1 Å². The zero-order valence-corrected chi connectivity index (χ0v) is 16.2. The van der Waals surface area contributed by atoms with Crippen molar-refractivity contribution >= 4 is 23.0 Å². The first-order valence-corrected chi connectivity index (χ1v) is 8.62. The van der Waals surface area contributed by atoms with E-state index >= 15 is 0 Å². The van der Waals surface area contributed by atoms with Gasteiger partial charge in [-0.3, -0.25) is 14.9 Å². The molecule has 0 fully saturated rings. The van der Waals surface area contributed by atoms with E-state index in [1.807, 2.05) is 19.0 Å². The Morgan fingerprint density at radius 1 is 1.07 bits per heavy atom. The highest BCUT2D eigenvalue weighted by Crippen LogP contribution is 2.32. The third kappa shape index (κ3) is 5.67. The first-order chi connectivity index (χ1) is 13.5. The maximum Gasteiger partial charge on any atom is 0.416 e. The van der Waals surface area contributed by atoms with E-state index in [4.69, 9.17) is 0 Å². The van der Waals surface area contributed by atoms with Gasteiger partial charge < -0.3 is 15.1 Å². The molecule has 0 unspecified atom stereocenters. The SMILES string of the molecule is CN(C)CCN(C)c1cccc(C(=O)Nc2ccc(C(F)(F)F)cc2)c1[N+](=O)[O-]. The number of nitrogens with zero attached hydrogens (tertiary/aromatic N) is 3. The molecule has 0 bridgehead atoms. The third-order valence-corrected chi connectivity index (χ3v) is 4.21. The highest BCUT2D eigenvalue weighted by molar-refractivity contribution is 6.08. The lowest BCUT2D eigenvalue weighted by molar-refractivity contribution is -0.384. The summed E-state index contributed by atoms with van der Waals surface area (Å²) in [4.78, 5) is 27.2. The van der Waals surface area contributed by atoms with E-state index in [0.29, 0.717) is 13.1 Å². The molecule has 10 heteroatoms. The first kappa shape index (κ1) is 22.2. The molecule has 2 rings (SSSR count). The number of anilines is 2. The number of hydrogen-bond acceptors (Lipinski definition) is 5. The number of carbonyl (C=O) groups is 1. The van der Waals surface area contributed by atoms with E-state index in [2.05, 4.69) is 5.32 Å². The molecule has 29 heavy (non-hydrogen) atoms. The number of alkyl halides is 3. The molecular weight excluding hydrogens is 389 g/mol. The predicted molar refractivity (Wildman–Crippen MR) is 104 cm³/mol. The molecule has 0 saturated heterocycles. The summed E-state index contributed by atoms with van der Waals surface area (Å²) in [7, 11) is 5.43. The molecule has 0 atom stereocenters. The number of amides is 1. The Hall–Kier alpha value is -3.14. The number of likely N-dealkylation sites (N-methyl/N-ethyl adjacent to an activating group) is 2. The van der Waals surface area contributed by atoms with Crippen LogP contribution in [0.1, 0.15) is 15.9 Å². The molecule has 0 aliphatic carbocycles. The van der Waals surface area contributed by atoms with Crippen LogP contribution in [0.5, 0.6) is 0 Å². The molecule has 7 nitrogen and oxygen atoms in total. The molecule has 2 aromatic carbocycles. The second-order valence-electron chi connectivity index (χ2n) is 6.68. The summed E-state index contributed by atoms with van der Waals surface area (Å²) >= 11 is 0. The van der Waals surface area contributed by atoms with Gasteiger partial charge in [-0.1, -0.05) is 6.07 Å². The van der Waals surface area contributed by atoms with Crippen molar-refractivity contribution < 1.29 is 22.9 Å². The van der Waals surface area contributed by atoms with Gasteiger partial charge in [0, 0.05) is 25.8 Å². The van der Waals surface area contributed by atoms with Gasteiger partial charge in [0.15, 0.2) is 0 Å². The number of hydrogen-bond donors (Lipinski definition) is 1. The molecule has 0 radical (unpaired) electrons. The van der Waals surface area contributed by atoms with Crippen molar-refractivity contribution in [3.63, 3.8) is 0 Å². The molecule has 0 aromatic heterocycles. The van der Waals surface area contributed by atoms with Crippen LogP contribution in [0, 0.1) is 10.1 Å². The van der Waals surface area contributed by atoms with Crippen molar-refractivity contribution in [3.05, 3.63) is 63.7 Å². The summed E-state index contributed by atoms with van der Waals surface area (Å²) in [6.45, 7) is 1.15. The molecule has 156 valence electrons. The number of nitro benzene ring substituents is 1. The number of nitro groups is 1. The summed E-state index contributed by atoms with van der Waals surface area (Å²) in [6.07, 6.45) is -4.49. The minimum atomic E-state index is -4.49. The van der Waals surface area contributed by atoms with E-state index in [0.717, 1.165) is 24.3 Å². The van der Waals surface area contributed by atoms with Crippen LogP contribution in [-0.2, 0) is 6.18 Å². The number of para-hydroxylation sites is 1. The fourth-order valence-corrected chi connectivity index (χ4v) is 2.63. The number of rotatable bonds is 7. The third-order valence-electron chi connectivity index (χ3n) is 4.21. The lowest BCUT2D eigenvalue weighted by Gasteiger charge is -2.22. The van der Waals surface area contributed by atoms with Crippen molar-refractivity contribution in [2.75, 3.05) is 44.4 Å². The van der Waals surface area contributed by atoms with Crippen LogP contribution in [0.25, 0.3) is 0 Å². The molecule has 2 aromatic rings. The Bertz CT molecular complexity index is 883. The second-order valence-corrected chi connectivity index (χ2v) is 6.68. The number of nitrogens with one attached hydrogen (secondary N) is 1. The molecule has 0 aliphatic heterocycles.